The summed E-state index contributed by atoms with van der Waals surface area (Å²) in [5.41, 5.74) is 2.35. The van der Waals surface area contributed by atoms with E-state index >= 15 is 0 Å². The van der Waals surface area contributed by atoms with E-state index in [2.05, 4.69) is 10.3 Å². The van der Waals surface area contributed by atoms with Crippen molar-refractivity contribution in [2.45, 2.75) is 6.54 Å². The van der Waals surface area contributed by atoms with Crippen LogP contribution in [0.3, 0.4) is 0 Å². The van der Waals surface area contributed by atoms with Gasteiger partial charge in [0.15, 0.2) is 0 Å². The van der Waals surface area contributed by atoms with Gasteiger partial charge in [0.25, 0.3) is 0 Å². The summed E-state index contributed by atoms with van der Waals surface area (Å²) in [5.74, 6) is -1.31. The third kappa shape index (κ3) is 2.23. The first-order chi connectivity index (χ1) is 9.63. The van der Waals surface area contributed by atoms with Crippen molar-refractivity contribution in [3.05, 3.63) is 59.4 Å². The summed E-state index contributed by atoms with van der Waals surface area (Å²) in [4.78, 5) is 10.8. The predicted molar refractivity (Wildman–Crippen MR) is 70.0 cm³/mol. The number of benzene rings is 2. The molecule has 0 unspecified atom stereocenters. The van der Waals surface area contributed by atoms with E-state index in [0.29, 0.717) is 12.1 Å². The highest BCUT2D eigenvalue weighted by molar-refractivity contribution is 5.87. The standard InChI is InChI=1S/C14H10FN3O2/c15-11-5-6-13-12(7-11)16-17-18(13)8-9-1-3-10(4-2-9)14(19)20/h1-7H,8H2,(H,19,20). The number of carboxylic acids is 1. The Bertz CT molecular complexity index is 781. The highest BCUT2D eigenvalue weighted by Gasteiger charge is 2.07. The average Bonchev–Trinajstić information content (AvgIpc) is 2.81. The number of hydrogen-bond donors (Lipinski definition) is 1. The van der Waals surface area contributed by atoms with Gasteiger partial charge in [-0.15, -0.1) is 5.10 Å². The fourth-order valence-corrected chi connectivity index (χ4v) is 1.99. The molecule has 0 spiro atoms. The maximum atomic E-state index is 13.1. The zero-order valence-electron chi connectivity index (χ0n) is 10.3. The summed E-state index contributed by atoms with van der Waals surface area (Å²) in [5, 5.41) is 16.7. The summed E-state index contributed by atoms with van der Waals surface area (Å²) in [7, 11) is 0. The molecule has 2 aromatic carbocycles. The Balaban J connectivity index is 1.91. The van der Waals surface area contributed by atoms with Crippen molar-refractivity contribution in [3.63, 3.8) is 0 Å². The lowest BCUT2D eigenvalue weighted by atomic mass is 10.1. The van der Waals surface area contributed by atoms with Gasteiger partial charge >= 0.3 is 5.97 Å². The molecule has 0 aliphatic rings. The molecule has 20 heavy (non-hydrogen) atoms. The van der Waals surface area contributed by atoms with Crippen LogP contribution < -0.4 is 0 Å². The van der Waals surface area contributed by atoms with E-state index in [4.69, 9.17) is 5.11 Å². The number of aromatic nitrogens is 3. The molecule has 100 valence electrons. The van der Waals surface area contributed by atoms with Gasteiger partial charge in [0, 0.05) is 6.07 Å². The molecular formula is C14H10FN3O2. The molecule has 1 heterocycles. The summed E-state index contributed by atoms with van der Waals surface area (Å²) in [6.45, 7) is 0.446. The highest BCUT2D eigenvalue weighted by Crippen LogP contribution is 2.14. The van der Waals surface area contributed by atoms with E-state index in [1.54, 1.807) is 22.9 Å². The lowest BCUT2D eigenvalue weighted by Gasteiger charge is -2.03. The first kappa shape index (κ1) is 12.3. The molecule has 6 heteroatoms. The minimum atomic E-state index is -0.960. The van der Waals surface area contributed by atoms with Crippen LogP contribution in [0.2, 0.25) is 0 Å². The Morgan fingerprint density at radius 3 is 2.65 bits per heavy atom. The van der Waals surface area contributed by atoms with Gasteiger partial charge in [0.05, 0.1) is 17.6 Å². The van der Waals surface area contributed by atoms with Crippen molar-refractivity contribution in [2.75, 3.05) is 0 Å². The first-order valence-corrected chi connectivity index (χ1v) is 5.94. The summed E-state index contributed by atoms with van der Waals surface area (Å²) in [6.07, 6.45) is 0. The van der Waals surface area contributed by atoms with Crippen LogP contribution in [0.1, 0.15) is 15.9 Å². The second-order valence-electron chi connectivity index (χ2n) is 4.38. The summed E-state index contributed by atoms with van der Waals surface area (Å²) < 4.78 is 14.7. The SMILES string of the molecule is O=C(O)c1ccc(Cn2nnc3cc(F)ccc32)cc1. The van der Waals surface area contributed by atoms with E-state index in [0.717, 1.165) is 11.1 Å². The van der Waals surface area contributed by atoms with Crippen LogP contribution in [0.5, 0.6) is 0 Å². The molecule has 5 nitrogen and oxygen atoms in total. The maximum Gasteiger partial charge on any atom is 0.335 e. The second kappa shape index (κ2) is 4.73. The Morgan fingerprint density at radius 1 is 1.20 bits per heavy atom. The van der Waals surface area contributed by atoms with Gasteiger partial charge in [-0.25, -0.2) is 13.9 Å². The third-order valence-electron chi connectivity index (χ3n) is 3.01. The molecule has 0 amide bonds. The van der Waals surface area contributed by atoms with Crippen molar-refractivity contribution in [3.8, 4) is 0 Å². The Kier molecular flexibility index (Phi) is 2.90. The normalized spacial score (nSPS) is 10.8. The van der Waals surface area contributed by atoms with Gasteiger partial charge in [-0.2, -0.15) is 0 Å². The van der Waals surface area contributed by atoms with Gasteiger partial charge < -0.3 is 5.11 Å². The van der Waals surface area contributed by atoms with Crippen molar-refractivity contribution >= 4 is 17.0 Å². The lowest BCUT2D eigenvalue weighted by Crippen LogP contribution is -2.03. The van der Waals surface area contributed by atoms with Crippen LogP contribution in [-0.2, 0) is 6.54 Å². The monoisotopic (exact) mass is 271 g/mol. The molecule has 0 aliphatic carbocycles. The molecule has 3 rings (SSSR count). The zero-order chi connectivity index (χ0) is 14.1. The fraction of sp³-hybridized carbons (Fsp3) is 0.0714. The van der Waals surface area contributed by atoms with Crippen LogP contribution in [0.25, 0.3) is 11.0 Å². The van der Waals surface area contributed by atoms with Crippen molar-refractivity contribution in [2.24, 2.45) is 0 Å². The van der Waals surface area contributed by atoms with Crippen molar-refractivity contribution in [1.82, 2.24) is 15.0 Å². The Labute approximate surface area is 113 Å². The van der Waals surface area contributed by atoms with Gasteiger partial charge in [-0.1, -0.05) is 17.3 Å². The molecule has 1 N–H and O–H groups in total. The summed E-state index contributed by atoms with van der Waals surface area (Å²) >= 11 is 0. The number of fused-ring (bicyclic) bond motifs is 1. The molecule has 0 fully saturated rings. The molecule has 0 aliphatic heterocycles. The molecule has 0 saturated carbocycles. The van der Waals surface area contributed by atoms with Gasteiger partial charge in [0.2, 0.25) is 0 Å². The second-order valence-corrected chi connectivity index (χ2v) is 4.38. The number of aromatic carboxylic acids is 1. The van der Waals surface area contributed by atoms with Crippen LogP contribution in [0, 0.1) is 5.82 Å². The molecule has 1 aromatic heterocycles. The molecule has 0 saturated heterocycles. The fourth-order valence-electron chi connectivity index (χ4n) is 1.99. The van der Waals surface area contributed by atoms with E-state index in [1.165, 1.54) is 24.3 Å². The predicted octanol–water partition coefficient (Wildman–Crippen LogP) is 2.32. The van der Waals surface area contributed by atoms with Gasteiger partial charge in [0.1, 0.15) is 11.3 Å². The minimum Gasteiger partial charge on any atom is -0.478 e. The zero-order valence-corrected chi connectivity index (χ0v) is 10.3. The highest BCUT2D eigenvalue weighted by atomic mass is 19.1. The smallest absolute Gasteiger partial charge is 0.335 e. The van der Waals surface area contributed by atoms with Crippen LogP contribution in [-0.4, -0.2) is 26.1 Å². The van der Waals surface area contributed by atoms with Crippen LogP contribution in [0.4, 0.5) is 4.39 Å². The molecule has 3 aromatic rings. The molecule has 0 radical (unpaired) electrons. The third-order valence-corrected chi connectivity index (χ3v) is 3.01. The quantitative estimate of drug-likeness (QED) is 0.793. The number of halogens is 1. The number of carboxylic acid groups (broad SMARTS) is 1. The average molecular weight is 271 g/mol. The number of nitrogens with zero attached hydrogens (tertiary/aromatic N) is 3. The lowest BCUT2D eigenvalue weighted by molar-refractivity contribution is 0.0697. The summed E-state index contributed by atoms with van der Waals surface area (Å²) in [6, 6.07) is 10.8. The van der Waals surface area contributed by atoms with E-state index < -0.39 is 5.97 Å². The molecule has 0 bridgehead atoms. The Hall–Kier alpha value is -2.76. The Morgan fingerprint density at radius 2 is 1.95 bits per heavy atom. The number of hydrogen-bond acceptors (Lipinski definition) is 3. The van der Waals surface area contributed by atoms with Crippen molar-refractivity contribution in [1.29, 1.82) is 0 Å². The maximum absolute atomic E-state index is 13.1. The molecular weight excluding hydrogens is 261 g/mol. The first-order valence-electron chi connectivity index (χ1n) is 5.94. The van der Waals surface area contributed by atoms with Crippen molar-refractivity contribution < 1.29 is 14.3 Å². The largest absolute Gasteiger partial charge is 0.478 e. The molecule has 0 atom stereocenters. The number of carbonyl (C=O) groups is 1. The van der Waals surface area contributed by atoms with Gasteiger partial charge in [-0.3, -0.25) is 0 Å². The van der Waals surface area contributed by atoms with Gasteiger partial charge in [-0.05, 0) is 29.8 Å². The topological polar surface area (TPSA) is 68.0 Å². The van der Waals surface area contributed by atoms with Crippen LogP contribution in [0.15, 0.2) is 42.5 Å². The van der Waals surface area contributed by atoms with E-state index in [1.807, 2.05) is 0 Å². The van der Waals surface area contributed by atoms with Crippen LogP contribution >= 0.6 is 0 Å². The van der Waals surface area contributed by atoms with E-state index in [9.17, 15) is 9.18 Å². The minimum absolute atomic E-state index is 0.235. The number of rotatable bonds is 3. The van der Waals surface area contributed by atoms with E-state index in [-0.39, 0.29) is 11.4 Å².